The standard InChI is InChI=1S/C19H22N2O/c1-14-7-11-17(12-8-14)20-19(22)13-21-15(2)9-10-16-5-3-4-6-18(16)21/h3-8,11-12,15H,9-10,13H2,1-2H3,(H,20,22). The first-order chi connectivity index (χ1) is 10.6. The van der Waals surface area contributed by atoms with E-state index in [-0.39, 0.29) is 5.91 Å². The van der Waals surface area contributed by atoms with Gasteiger partial charge in [-0.15, -0.1) is 0 Å². The molecule has 0 bridgehead atoms. The molecule has 1 heterocycles. The molecule has 1 aliphatic heterocycles. The molecule has 0 spiro atoms. The number of carbonyl (C=O) groups is 1. The fourth-order valence-electron chi connectivity index (χ4n) is 2.99. The Balaban J connectivity index is 1.72. The SMILES string of the molecule is Cc1ccc(NC(=O)CN2c3ccccc3CCC2C)cc1. The lowest BCUT2D eigenvalue weighted by molar-refractivity contribution is -0.115. The zero-order valence-electron chi connectivity index (χ0n) is 13.2. The lowest BCUT2D eigenvalue weighted by atomic mass is 9.96. The summed E-state index contributed by atoms with van der Waals surface area (Å²) in [5.74, 6) is 0.0346. The molecule has 1 aliphatic rings. The van der Waals surface area contributed by atoms with E-state index in [1.54, 1.807) is 0 Å². The Morgan fingerprint density at radius 2 is 1.91 bits per heavy atom. The largest absolute Gasteiger partial charge is 0.359 e. The second-order valence-corrected chi connectivity index (χ2v) is 6.06. The number of benzene rings is 2. The summed E-state index contributed by atoms with van der Waals surface area (Å²) in [4.78, 5) is 14.6. The van der Waals surface area contributed by atoms with E-state index in [9.17, 15) is 4.79 Å². The summed E-state index contributed by atoms with van der Waals surface area (Å²) in [5.41, 5.74) is 4.58. The summed E-state index contributed by atoms with van der Waals surface area (Å²) in [6.45, 7) is 4.62. The smallest absolute Gasteiger partial charge is 0.243 e. The quantitative estimate of drug-likeness (QED) is 0.934. The minimum absolute atomic E-state index is 0.0346. The molecule has 1 amide bonds. The van der Waals surface area contributed by atoms with Crippen LogP contribution in [0, 0.1) is 6.92 Å². The first kappa shape index (κ1) is 14.6. The van der Waals surface area contributed by atoms with Crippen LogP contribution in [0.1, 0.15) is 24.5 Å². The molecule has 3 heteroatoms. The van der Waals surface area contributed by atoms with Gasteiger partial charge in [0, 0.05) is 17.4 Å². The van der Waals surface area contributed by atoms with Gasteiger partial charge < -0.3 is 10.2 Å². The van der Waals surface area contributed by atoms with Gasteiger partial charge in [-0.05, 0) is 50.5 Å². The number of nitrogens with one attached hydrogen (secondary N) is 1. The summed E-state index contributed by atoms with van der Waals surface area (Å²) < 4.78 is 0. The highest BCUT2D eigenvalue weighted by Gasteiger charge is 2.24. The zero-order valence-corrected chi connectivity index (χ0v) is 13.2. The van der Waals surface area contributed by atoms with E-state index in [1.165, 1.54) is 16.8 Å². The van der Waals surface area contributed by atoms with Crippen LogP contribution in [0.15, 0.2) is 48.5 Å². The third-order valence-corrected chi connectivity index (χ3v) is 4.31. The maximum Gasteiger partial charge on any atom is 0.243 e. The number of fused-ring (bicyclic) bond motifs is 1. The maximum absolute atomic E-state index is 12.4. The van der Waals surface area contributed by atoms with Gasteiger partial charge in [-0.25, -0.2) is 0 Å². The molecule has 2 aromatic carbocycles. The predicted molar refractivity (Wildman–Crippen MR) is 91.4 cm³/mol. The van der Waals surface area contributed by atoms with Gasteiger partial charge in [0.2, 0.25) is 5.91 Å². The Bertz CT molecular complexity index is 663. The molecule has 1 unspecified atom stereocenters. The summed E-state index contributed by atoms with van der Waals surface area (Å²) in [6.07, 6.45) is 2.18. The van der Waals surface area contributed by atoms with Gasteiger partial charge in [-0.3, -0.25) is 4.79 Å². The Morgan fingerprint density at radius 3 is 2.68 bits per heavy atom. The van der Waals surface area contributed by atoms with Gasteiger partial charge in [-0.1, -0.05) is 35.9 Å². The van der Waals surface area contributed by atoms with Crippen LogP contribution in [0.2, 0.25) is 0 Å². The Labute approximate surface area is 132 Å². The second kappa shape index (κ2) is 6.22. The number of carbonyl (C=O) groups excluding carboxylic acids is 1. The molecule has 3 rings (SSSR count). The van der Waals surface area contributed by atoms with Crippen LogP contribution in [0.4, 0.5) is 11.4 Å². The van der Waals surface area contributed by atoms with Crippen molar-refractivity contribution in [3.63, 3.8) is 0 Å². The normalized spacial score (nSPS) is 17.0. The van der Waals surface area contributed by atoms with Gasteiger partial charge in [0.25, 0.3) is 0 Å². The topological polar surface area (TPSA) is 32.3 Å². The van der Waals surface area contributed by atoms with Gasteiger partial charge in [0.15, 0.2) is 0 Å². The Hall–Kier alpha value is -2.29. The summed E-state index contributed by atoms with van der Waals surface area (Å²) in [7, 11) is 0. The highest BCUT2D eigenvalue weighted by Crippen LogP contribution is 2.30. The van der Waals surface area contributed by atoms with E-state index in [4.69, 9.17) is 0 Å². The molecular formula is C19H22N2O. The first-order valence-electron chi connectivity index (χ1n) is 7.84. The van der Waals surface area contributed by atoms with Crippen molar-refractivity contribution in [1.29, 1.82) is 0 Å². The molecule has 1 N–H and O–H groups in total. The number of para-hydroxylation sites is 1. The van der Waals surface area contributed by atoms with Crippen LogP contribution in [0.25, 0.3) is 0 Å². The third kappa shape index (κ3) is 3.14. The Morgan fingerprint density at radius 1 is 1.18 bits per heavy atom. The molecule has 0 saturated heterocycles. The van der Waals surface area contributed by atoms with Crippen molar-refractivity contribution in [2.75, 3.05) is 16.8 Å². The first-order valence-corrected chi connectivity index (χ1v) is 7.84. The molecule has 0 saturated carbocycles. The van der Waals surface area contributed by atoms with Gasteiger partial charge in [-0.2, -0.15) is 0 Å². The summed E-state index contributed by atoms with van der Waals surface area (Å²) >= 11 is 0. The molecule has 22 heavy (non-hydrogen) atoms. The van der Waals surface area contributed by atoms with Crippen molar-refractivity contribution >= 4 is 17.3 Å². The van der Waals surface area contributed by atoms with Gasteiger partial charge in [0.1, 0.15) is 0 Å². The van der Waals surface area contributed by atoms with Crippen LogP contribution in [0.5, 0.6) is 0 Å². The molecular weight excluding hydrogens is 272 g/mol. The number of nitrogens with zero attached hydrogens (tertiary/aromatic N) is 1. The third-order valence-electron chi connectivity index (χ3n) is 4.31. The van der Waals surface area contributed by atoms with Crippen molar-refractivity contribution < 1.29 is 4.79 Å². The molecule has 0 aliphatic carbocycles. The van der Waals surface area contributed by atoms with Crippen molar-refractivity contribution in [1.82, 2.24) is 0 Å². The van der Waals surface area contributed by atoms with Gasteiger partial charge >= 0.3 is 0 Å². The molecule has 0 radical (unpaired) electrons. The average Bonchev–Trinajstić information content (AvgIpc) is 2.52. The fraction of sp³-hybridized carbons (Fsp3) is 0.316. The maximum atomic E-state index is 12.4. The van der Waals surface area contributed by atoms with Crippen LogP contribution in [-0.2, 0) is 11.2 Å². The summed E-state index contributed by atoms with van der Waals surface area (Å²) in [5, 5.41) is 2.99. The van der Waals surface area contributed by atoms with E-state index >= 15 is 0 Å². The zero-order chi connectivity index (χ0) is 15.5. The van der Waals surface area contributed by atoms with Gasteiger partial charge in [0.05, 0.1) is 6.54 Å². The van der Waals surface area contributed by atoms with E-state index in [0.717, 1.165) is 18.5 Å². The average molecular weight is 294 g/mol. The van der Waals surface area contributed by atoms with Crippen LogP contribution in [-0.4, -0.2) is 18.5 Å². The second-order valence-electron chi connectivity index (χ2n) is 6.06. The number of hydrogen-bond donors (Lipinski definition) is 1. The van der Waals surface area contributed by atoms with Crippen molar-refractivity contribution in [3.8, 4) is 0 Å². The van der Waals surface area contributed by atoms with E-state index in [2.05, 4.69) is 35.3 Å². The van der Waals surface area contributed by atoms with Crippen molar-refractivity contribution in [3.05, 3.63) is 59.7 Å². The van der Waals surface area contributed by atoms with Crippen LogP contribution < -0.4 is 10.2 Å². The molecule has 1 atom stereocenters. The molecule has 2 aromatic rings. The minimum atomic E-state index is 0.0346. The number of amides is 1. The lowest BCUT2D eigenvalue weighted by Crippen LogP contribution is -2.42. The fourth-order valence-corrected chi connectivity index (χ4v) is 2.99. The highest BCUT2D eigenvalue weighted by atomic mass is 16.2. The van der Waals surface area contributed by atoms with E-state index in [1.807, 2.05) is 37.3 Å². The number of aryl methyl sites for hydroxylation is 2. The number of rotatable bonds is 3. The molecule has 0 aromatic heterocycles. The van der Waals surface area contributed by atoms with E-state index in [0.29, 0.717) is 12.6 Å². The molecule has 3 nitrogen and oxygen atoms in total. The monoisotopic (exact) mass is 294 g/mol. The molecule has 0 fully saturated rings. The van der Waals surface area contributed by atoms with Crippen molar-refractivity contribution in [2.24, 2.45) is 0 Å². The number of anilines is 2. The lowest BCUT2D eigenvalue weighted by Gasteiger charge is -2.36. The summed E-state index contributed by atoms with van der Waals surface area (Å²) in [6, 6.07) is 16.7. The minimum Gasteiger partial charge on any atom is -0.359 e. The van der Waals surface area contributed by atoms with E-state index < -0.39 is 0 Å². The predicted octanol–water partition coefficient (Wildman–Crippen LogP) is 3.77. The highest BCUT2D eigenvalue weighted by molar-refractivity contribution is 5.94. The molecule has 114 valence electrons. The Kier molecular flexibility index (Phi) is 4.14. The van der Waals surface area contributed by atoms with Crippen LogP contribution in [0.3, 0.4) is 0 Å². The number of hydrogen-bond acceptors (Lipinski definition) is 2. The van der Waals surface area contributed by atoms with Crippen molar-refractivity contribution in [2.45, 2.75) is 32.7 Å². The van der Waals surface area contributed by atoms with Crippen LogP contribution >= 0.6 is 0 Å².